The topological polar surface area (TPSA) is 53.6 Å². The lowest BCUT2D eigenvalue weighted by molar-refractivity contribution is 0.630. The Labute approximate surface area is 162 Å². The molecule has 4 aromatic rings. The zero-order chi connectivity index (χ0) is 19.1. The SMILES string of the molecule is Cc1ccccc1-c1cc2c(c(Nc3n[nH]c4ccc(F)cc34)n1)CCCC2. The van der Waals surface area contributed by atoms with Gasteiger partial charge in [0.25, 0.3) is 0 Å². The van der Waals surface area contributed by atoms with Gasteiger partial charge >= 0.3 is 0 Å². The molecule has 0 bridgehead atoms. The molecule has 4 nitrogen and oxygen atoms in total. The van der Waals surface area contributed by atoms with E-state index < -0.39 is 0 Å². The number of nitrogens with zero attached hydrogens (tertiary/aromatic N) is 2. The number of benzene rings is 2. The second kappa shape index (κ2) is 6.75. The number of nitrogens with one attached hydrogen (secondary N) is 2. The third-order valence-electron chi connectivity index (χ3n) is 5.52. The van der Waals surface area contributed by atoms with E-state index in [4.69, 9.17) is 4.98 Å². The van der Waals surface area contributed by atoms with Gasteiger partial charge in [-0.3, -0.25) is 5.10 Å². The average Bonchev–Trinajstić information content (AvgIpc) is 3.10. The first-order valence-electron chi connectivity index (χ1n) is 9.68. The van der Waals surface area contributed by atoms with Gasteiger partial charge in [0.1, 0.15) is 11.6 Å². The maximum atomic E-state index is 13.8. The van der Waals surface area contributed by atoms with Crippen LogP contribution in [0.2, 0.25) is 0 Å². The molecule has 2 aromatic heterocycles. The van der Waals surface area contributed by atoms with Gasteiger partial charge in [0.05, 0.1) is 11.2 Å². The molecule has 1 aliphatic rings. The zero-order valence-corrected chi connectivity index (χ0v) is 15.7. The summed E-state index contributed by atoms with van der Waals surface area (Å²) in [5.74, 6) is 1.16. The third kappa shape index (κ3) is 2.93. The van der Waals surface area contributed by atoms with Crippen LogP contribution in [0.25, 0.3) is 22.2 Å². The van der Waals surface area contributed by atoms with Gasteiger partial charge in [-0.1, -0.05) is 24.3 Å². The van der Waals surface area contributed by atoms with E-state index in [-0.39, 0.29) is 5.82 Å². The number of rotatable bonds is 3. The van der Waals surface area contributed by atoms with Crippen LogP contribution in [-0.4, -0.2) is 15.2 Å². The van der Waals surface area contributed by atoms with Crippen molar-refractivity contribution < 1.29 is 4.39 Å². The van der Waals surface area contributed by atoms with Crippen LogP contribution in [0, 0.1) is 12.7 Å². The van der Waals surface area contributed by atoms with Gasteiger partial charge in [0.15, 0.2) is 5.82 Å². The van der Waals surface area contributed by atoms with E-state index in [1.165, 1.54) is 35.2 Å². The fraction of sp³-hybridized carbons (Fsp3) is 0.217. The maximum absolute atomic E-state index is 13.8. The highest BCUT2D eigenvalue weighted by molar-refractivity contribution is 5.91. The second-order valence-electron chi connectivity index (χ2n) is 7.40. The molecule has 0 amide bonds. The third-order valence-corrected chi connectivity index (χ3v) is 5.52. The molecule has 140 valence electrons. The van der Waals surface area contributed by atoms with E-state index in [2.05, 4.69) is 40.6 Å². The van der Waals surface area contributed by atoms with E-state index >= 15 is 0 Å². The molecule has 0 saturated heterocycles. The molecule has 0 spiro atoms. The van der Waals surface area contributed by atoms with Crippen molar-refractivity contribution in [2.24, 2.45) is 0 Å². The van der Waals surface area contributed by atoms with Gasteiger partial charge in [-0.25, -0.2) is 9.37 Å². The molecule has 1 aliphatic carbocycles. The first-order chi connectivity index (χ1) is 13.7. The Morgan fingerprint density at radius 3 is 2.75 bits per heavy atom. The number of hydrogen-bond acceptors (Lipinski definition) is 3. The molecule has 5 rings (SSSR count). The van der Waals surface area contributed by atoms with Crippen molar-refractivity contribution in [3.8, 4) is 11.3 Å². The zero-order valence-electron chi connectivity index (χ0n) is 15.7. The van der Waals surface area contributed by atoms with E-state index in [0.29, 0.717) is 5.82 Å². The fourth-order valence-corrected chi connectivity index (χ4v) is 4.04. The first kappa shape index (κ1) is 16.9. The van der Waals surface area contributed by atoms with Crippen LogP contribution < -0.4 is 5.32 Å². The van der Waals surface area contributed by atoms with Crippen molar-refractivity contribution in [2.75, 3.05) is 5.32 Å². The molecule has 0 saturated carbocycles. The summed E-state index contributed by atoms with van der Waals surface area (Å²) in [6.07, 6.45) is 4.40. The highest BCUT2D eigenvalue weighted by Crippen LogP contribution is 2.34. The normalized spacial score (nSPS) is 13.5. The summed E-state index contributed by atoms with van der Waals surface area (Å²) < 4.78 is 13.8. The Kier molecular flexibility index (Phi) is 4.08. The van der Waals surface area contributed by atoms with Gasteiger partial charge in [-0.05, 0) is 73.6 Å². The number of H-pyrrole nitrogens is 1. The fourth-order valence-electron chi connectivity index (χ4n) is 4.04. The van der Waals surface area contributed by atoms with E-state index in [1.54, 1.807) is 6.07 Å². The first-order valence-corrected chi connectivity index (χ1v) is 9.68. The van der Waals surface area contributed by atoms with Crippen molar-refractivity contribution in [2.45, 2.75) is 32.6 Å². The minimum atomic E-state index is -0.277. The lowest BCUT2D eigenvalue weighted by Crippen LogP contribution is -2.09. The van der Waals surface area contributed by atoms with Crippen LogP contribution in [-0.2, 0) is 12.8 Å². The Bertz CT molecular complexity index is 1180. The molecule has 2 N–H and O–H groups in total. The summed E-state index contributed by atoms with van der Waals surface area (Å²) in [5.41, 5.74) is 6.69. The monoisotopic (exact) mass is 372 g/mol. The van der Waals surface area contributed by atoms with Crippen molar-refractivity contribution >= 4 is 22.5 Å². The molecule has 0 fully saturated rings. The van der Waals surface area contributed by atoms with Gasteiger partial charge in [-0.15, -0.1) is 0 Å². The lowest BCUT2D eigenvalue weighted by Gasteiger charge is -2.21. The molecule has 28 heavy (non-hydrogen) atoms. The van der Waals surface area contributed by atoms with Crippen molar-refractivity contribution in [1.82, 2.24) is 15.2 Å². The number of halogens is 1. The minimum absolute atomic E-state index is 0.277. The van der Waals surface area contributed by atoms with E-state index in [9.17, 15) is 4.39 Å². The van der Waals surface area contributed by atoms with Crippen LogP contribution >= 0.6 is 0 Å². The van der Waals surface area contributed by atoms with Crippen LogP contribution in [0.4, 0.5) is 16.0 Å². The van der Waals surface area contributed by atoms with E-state index in [1.807, 2.05) is 12.1 Å². The summed E-state index contributed by atoms with van der Waals surface area (Å²) >= 11 is 0. The molecule has 0 atom stereocenters. The number of aromatic amines is 1. The van der Waals surface area contributed by atoms with Crippen molar-refractivity contribution in [3.05, 3.63) is 71.0 Å². The molecule has 0 radical (unpaired) electrons. The Morgan fingerprint density at radius 2 is 1.86 bits per heavy atom. The Morgan fingerprint density at radius 1 is 1.00 bits per heavy atom. The number of aryl methyl sites for hydroxylation is 2. The number of hydrogen-bond donors (Lipinski definition) is 2. The van der Waals surface area contributed by atoms with Crippen LogP contribution in [0.15, 0.2) is 48.5 Å². The van der Waals surface area contributed by atoms with Crippen LogP contribution in [0.5, 0.6) is 0 Å². The predicted molar refractivity (Wildman–Crippen MR) is 110 cm³/mol. The molecule has 0 unspecified atom stereocenters. The van der Waals surface area contributed by atoms with Gasteiger partial charge in [0.2, 0.25) is 0 Å². The number of pyridine rings is 1. The smallest absolute Gasteiger partial charge is 0.161 e. The number of anilines is 2. The van der Waals surface area contributed by atoms with Crippen LogP contribution in [0.3, 0.4) is 0 Å². The molecular weight excluding hydrogens is 351 g/mol. The van der Waals surface area contributed by atoms with Gasteiger partial charge < -0.3 is 5.32 Å². The largest absolute Gasteiger partial charge is 0.323 e. The van der Waals surface area contributed by atoms with Gasteiger partial charge in [-0.2, -0.15) is 5.10 Å². The molecule has 2 heterocycles. The molecule has 0 aliphatic heterocycles. The summed E-state index contributed by atoms with van der Waals surface area (Å²) in [5, 5.41) is 11.4. The van der Waals surface area contributed by atoms with Crippen molar-refractivity contribution in [1.29, 1.82) is 0 Å². The quantitative estimate of drug-likeness (QED) is 0.485. The van der Waals surface area contributed by atoms with Crippen molar-refractivity contribution in [3.63, 3.8) is 0 Å². The summed E-state index contributed by atoms with van der Waals surface area (Å²) in [6, 6.07) is 15.2. The van der Waals surface area contributed by atoms with E-state index in [0.717, 1.165) is 47.2 Å². The minimum Gasteiger partial charge on any atom is -0.323 e. The summed E-state index contributed by atoms with van der Waals surface area (Å²) in [4.78, 5) is 4.96. The second-order valence-corrected chi connectivity index (χ2v) is 7.40. The predicted octanol–water partition coefficient (Wildman–Crippen LogP) is 5.69. The highest BCUT2D eigenvalue weighted by atomic mass is 19.1. The summed E-state index contributed by atoms with van der Waals surface area (Å²) in [7, 11) is 0. The summed E-state index contributed by atoms with van der Waals surface area (Å²) in [6.45, 7) is 2.10. The number of aromatic nitrogens is 3. The number of fused-ring (bicyclic) bond motifs is 2. The van der Waals surface area contributed by atoms with Crippen LogP contribution in [0.1, 0.15) is 29.5 Å². The lowest BCUT2D eigenvalue weighted by atomic mass is 9.90. The van der Waals surface area contributed by atoms with Gasteiger partial charge in [0, 0.05) is 10.9 Å². The maximum Gasteiger partial charge on any atom is 0.161 e. The molecule has 2 aromatic carbocycles. The average molecular weight is 372 g/mol. The molecular formula is C23H21FN4. The Hall–Kier alpha value is -3.21. The Balaban J connectivity index is 1.64. The molecule has 5 heteroatoms. The standard InChI is InChI=1S/C23H21FN4/c1-14-6-2-4-8-17(14)21-12-15-7-3-5-9-18(15)22(25-21)26-23-19-13-16(24)10-11-20(19)27-28-23/h2,4,6,8,10-13H,3,5,7,9H2,1H3,(H2,25,26,27,28). The highest BCUT2D eigenvalue weighted by Gasteiger charge is 2.19.